The van der Waals surface area contributed by atoms with E-state index < -0.39 is 0 Å². The quantitative estimate of drug-likeness (QED) is 0.743. The Morgan fingerprint density at radius 1 is 1.24 bits per heavy atom. The maximum Gasteiger partial charge on any atom is 0.251 e. The summed E-state index contributed by atoms with van der Waals surface area (Å²) in [6, 6.07) is 6.98. The smallest absolute Gasteiger partial charge is 0.251 e. The van der Waals surface area contributed by atoms with Gasteiger partial charge < -0.3 is 15.3 Å². The number of carbonyl (C=O) groups excluding carboxylic acids is 2. The molecule has 0 fully saturated rings. The van der Waals surface area contributed by atoms with Crippen LogP contribution in [0.3, 0.4) is 0 Å². The summed E-state index contributed by atoms with van der Waals surface area (Å²) in [5, 5.41) is 11.5. The van der Waals surface area contributed by atoms with Gasteiger partial charge in [0.15, 0.2) is 0 Å². The zero-order chi connectivity index (χ0) is 15.7. The summed E-state index contributed by atoms with van der Waals surface area (Å²) >= 11 is 0. The Morgan fingerprint density at radius 3 is 2.43 bits per heavy atom. The highest BCUT2D eigenvalue weighted by Crippen LogP contribution is 2.07. The molecule has 1 aromatic carbocycles. The second-order valence-electron chi connectivity index (χ2n) is 4.58. The number of carbonyl (C=O) groups is 2. The monoisotopic (exact) mass is 290 g/mol. The maximum atomic E-state index is 12.0. The molecule has 1 aromatic rings. The fourth-order valence-corrected chi connectivity index (χ4v) is 1.89. The molecule has 2 N–H and O–H groups in total. The van der Waals surface area contributed by atoms with Gasteiger partial charge in [-0.15, -0.1) is 0 Å². The van der Waals surface area contributed by atoms with Crippen molar-refractivity contribution in [3.63, 3.8) is 0 Å². The lowest BCUT2D eigenvalue weighted by atomic mass is 10.1. The van der Waals surface area contributed by atoms with Crippen molar-refractivity contribution in [1.29, 1.82) is 0 Å². The van der Waals surface area contributed by atoms with E-state index >= 15 is 0 Å². The molecule has 0 atom stereocenters. The summed E-state index contributed by atoms with van der Waals surface area (Å²) in [4.78, 5) is 25.0. The molecule has 0 aliphatic rings. The fraction of sp³-hybridized carbons (Fsp3) is 0.375. The van der Waals surface area contributed by atoms with E-state index in [1.165, 1.54) is 6.08 Å². The Balaban J connectivity index is 2.70. The molecule has 5 heteroatoms. The molecule has 0 saturated heterocycles. The lowest BCUT2D eigenvalue weighted by molar-refractivity contribution is -0.126. The van der Waals surface area contributed by atoms with E-state index in [1.54, 1.807) is 42.3 Å². The third-order valence-corrected chi connectivity index (χ3v) is 2.99. The molecule has 5 nitrogen and oxygen atoms in total. The first-order valence-electron chi connectivity index (χ1n) is 7.02. The standard InChI is InChI=1S/C16H22N2O3/c1-3-10-18(11-12-19)15(20)9-6-13-4-7-14(8-5-13)16(21)17-2/h4-9,19H,3,10-12H2,1-2H3,(H,17,21)/b9-6+. The van der Waals surface area contributed by atoms with Crippen LogP contribution < -0.4 is 5.32 Å². The fourth-order valence-electron chi connectivity index (χ4n) is 1.89. The van der Waals surface area contributed by atoms with Gasteiger partial charge in [-0.25, -0.2) is 0 Å². The number of nitrogens with zero attached hydrogens (tertiary/aromatic N) is 1. The Labute approximate surface area is 125 Å². The summed E-state index contributed by atoms with van der Waals surface area (Å²) in [5.41, 5.74) is 1.42. The van der Waals surface area contributed by atoms with E-state index in [0.29, 0.717) is 18.7 Å². The van der Waals surface area contributed by atoms with Gasteiger partial charge in [0.05, 0.1) is 6.61 Å². The molecular formula is C16H22N2O3. The van der Waals surface area contributed by atoms with Crippen molar-refractivity contribution in [3.8, 4) is 0 Å². The molecule has 0 bridgehead atoms. The number of nitrogens with one attached hydrogen (secondary N) is 1. The zero-order valence-electron chi connectivity index (χ0n) is 12.5. The summed E-state index contributed by atoms with van der Waals surface area (Å²) in [5.74, 6) is -0.264. The first-order valence-corrected chi connectivity index (χ1v) is 7.02. The Kier molecular flexibility index (Phi) is 7.18. The van der Waals surface area contributed by atoms with Crippen LogP contribution in [0.4, 0.5) is 0 Å². The summed E-state index contributed by atoms with van der Waals surface area (Å²) in [7, 11) is 1.58. The Bertz CT molecular complexity index is 489. The van der Waals surface area contributed by atoms with Gasteiger partial charge >= 0.3 is 0 Å². The van der Waals surface area contributed by atoms with Crippen LogP contribution in [0.5, 0.6) is 0 Å². The molecule has 114 valence electrons. The average Bonchev–Trinajstić information content (AvgIpc) is 2.52. The lowest BCUT2D eigenvalue weighted by Crippen LogP contribution is -2.32. The highest BCUT2D eigenvalue weighted by molar-refractivity contribution is 5.94. The van der Waals surface area contributed by atoms with Gasteiger partial charge in [-0.1, -0.05) is 19.1 Å². The molecule has 1 rings (SSSR count). The Morgan fingerprint density at radius 2 is 1.90 bits per heavy atom. The van der Waals surface area contributed by atoms with Crippen molar-refractivity contribution >= 4 is 17.9 Å². The summed E-state index contributed by atoms with van der Waals surface area (Å²) in [6.45, 7) is 2.91. The third kappa shape index (κ3) is 5.39. The number of hydrogen-bond acceptors (Lipinski definition) is 3. The van der Waals surface area contributed by atoms with Crippen LogP contribution in [0.1, 0.15) is 29.3 Å². The van der Waals surface area contributed by atoms with Crippen LogP contribution in [-0.4, -0.2) is 48.6 Å². The van der Waals surface area contributed by atoms with E-state index in [9.17, 15) is 9.59 Å². The molecule has 0 radical (unpaired) electrons. The van der Waals surface area contributed by atoms with E-state index in [4.69, 9.17) is 5.11 Å². The van der Waals surface area contributed by atoms with E-state index in [2.05, 4.69) is 5.32 Å². The van der Waals surface area contributed by atoms with E-state index in [1.807, 2.05) is 6.92 Å². The number of amides is 2. The molecule has 21 heavy (non-hydrogen) atoms. The molecule has 0 spiro atoms. The SMILES string of the molecule is CCCN(CCO)C(=O)/C=C/c1ccc(C(=O)NC)cc1. The van der Waals surface area contributed by atoms with Gasteiger partial charge in [0.2, 0.25) is 5.91 Å². The molecular weight excluding hydrogens is 268 g/mol. The second-order valence-corrected chi connectivity index (χ2v) is 4.58. The van der Waals surface area contributed by atoms with Crippen LogP contribution in [0.15, 0.2) is 30.3 Å². The van der Waals surface area contributed by atoms with Gasteiger partial charge in [-0.05, 0) is 30.2 Å². The number of hydrogen-bond donors (Lipinski definition) is 2. The van der Waals surface area contributed by atoms with Gasteiger partial charge in [-0.3, -0.25) is 9.59 Å². The number of rotatable bonds is 7. The maximum absolute atomic E-state index is 12.0. The van der Waals surface area contributed by atoms with Crippen molar-refractivity contribution in [1.82, 2.24) is 10.2 Å². The van der Waals surface area contributed by atoms with Crippen molar-refractivity contribution in [2.75, 3.05) is 26.7 Å². The van der Waals surface area contributed by atoms with Crippen molar-refractivity contribution < 1.29 is 14.7 Å². The molecule has 0 aliphatic carbocycles. The first kappa shape index (κ1) is 16.9. The molecule has 0 aromatic heterocycles. The van der Waals surface area contributed by atoms with Gasteiger partial charge in [0.1, 0.15) is 0 Å². The number of aliphatic hydroxyl groups excluding tert-OH is 1. The van der Waals surface area contributed by atoms with Gasteiger partial charge in [-0.2, -0.15) is 0 Å². The van der Waals surface area contributed by atoms with E-state index in [-0.39, 0.29) is 18.4 Å². The minimum Gasteiger partial charge on any atom is -0.395 e. The van der Waals surface area contributed by atoms with Crippen LogP contribution in [0.25, 0.3) is 6.08 Å². The average molecular weight is 290 g/mol. The summed E-state index contributed by atoms with van der Waals surface area (Å²) in [6.07, 6.45) is 4.04. The van der Waals surface area contributed by atoms with Crippen molar-refractivity contribution in [2.24, 2.45) is 0 Å². The van der Waals surface area contributed by atoms with Gasteiger partial charge in [0.25, 0.3) is 5.91 Å². The number of benzene rings is 1. The van der Waals surface area contributed by atoms with Crippen molar-refractivity contribution in [2.45, 2.75) is 13.3 Å². The normalized spacial score (nSPS) is 10.6. The van der Waals surface area contributed by atoms with Crippen LogP contribution in [0, 0.1) is 0 Å². The molecule has 0 unspecified atom stereocenters. The molecule has 2 amide bonds. The predicted molar refractivity (Wildman–Crippen MR) is 82.8 cm³/mol. The Hall–Kier alpha value is -2.14. The zero-order valence-corrected chi connectivity index (χ0v) is 12.5. The molecule has 0 aliphatic heterocycles. The minimum atomic E-state index is -0.140. The molecule has 0 saturated carbocycles. The van der Waals surface area contributed by atoms with Crippen LogP contribution in [-0.2, 0) is 4.79 Å². The summed E-state index contributed by atoms with van der Waals surface area (Å²) < 4.78 is 0. The lowest BCUT2D eigenvalue weighted by Gasteiger charge is -2.18. The van der Waals surface area contributed by atoms with E-state index in [0.717, 1.165) is 12.0 Å². The van der Waals surface area contributed by atoms with Crippen LogP contribution in [0.2, 0.25) is 0 Å². The highest BCUT2D eigenvalue weighted by atomic mass is 16.3. The largest absolute Gasteiger partial charge is 0.395 e. The minimum absolute atomic E-state index is 0.0413. The molecule has 0 heterocycles. The predicted octanol–water partition coefficient (Wildman–Crippen LogP) is 1.29. The first-order chi connectivity index (χ1) is 10.1. The van der Waals surface area contributed by atoms with Crippen molar-refractivity contribution in [3.05, 3.63) is 41.5 Å². The topological polar surface area (TPSA) is 69.6 Å². The van der Waals surface area contributed by atoms with Crippen LogP contribution >= 0.6 is 0 Å². The second kappa shape index (κ2) is 8.92. The third-order valence-electron chi connectivity index (χ3n) is 2.99. The number of aliphatic hydroxyl groups is 1. The highest BCUT2D eigenvalue weighted by Gasteiger charge is 2.08. The van der Waals surface area contributed by atoms with Gasteiger partial charge in [0, 0.05) is 31.8 Å².